The molecule has 1 heterocycles. The molecule has 0 aromatic heterocycles. The number of rotatable bonds is 2. The van der Waals surface area contributed by atoms with Crippen LogP contribution < -0.4 is 5.73 Å². The van der Waals surface area contributed by atoms with Gasteiger partial charge >= 0.3 is 0 Å². The lowest BCUT2D eigenvalue weighted by atomic mass is 9.87. The van der Waals surface area contributed by atoms with Gasteiger partial charge in [-0.05, 0) is 41.2 Å². The van der Waals surface area contributed by atoms with Crippen LogP contribution in [0.25, 0.3) is 10.8 Å². The minimum atomic E-state index is 0.138. The highest BCUT2D eigenvalue weighted by Crippen LogP contribution is 2.29. The predicted octanol–water partition coefficient (Wildman–Crippen LogP) is 3.27. The SMILES string of the molecule is NC(c1ccc2ccccc2c1)C1CCOCC1. The Bertz CT molecular complexity index is 531. The van der Waals surface area contributed by atoms with Crippen molar-refractivity contribution in [3.8, 4) is 0 Å². The van der Waals surface area contributed by atoms with Crippen LogP contribution in [0.2, 0.25) is 0 Å². The molecule has 2 nitrogen and oxygen atoms in total. The van der Waals surface area contributed by atoms with E-state index in [0.717, 1.165) is 26.1 Å². The summed E-state index contributed by atoms with van der Waals surface area (Å²) in [5.41, 5.74) is 7.66. The molecule has 1 aliphatic heterocycles. The molecule has 0 radical (unpaired) electrons. The molecular formula is C16H19NO. The molecule has 0 saturated carbocycles. The Morgan fingerprint density at radius 2 is 1.72 bits per heavy atom. The van der Waals surface area contributed by atoms with E-state index >= 15 is 0 Å². The van der Waals surface area contributed by atoms with Gasteiger partial charge in [0.2, 0.25) is 0 Å². The van der Waals surface area contributed by atoms with Crippen molar-refractivity contribution in [2.45, 2.75) is 18.9 Å². The predicted molar refractivity (Wildman–Crippen MR) is 74.4 cm³/mol. The van der Waals surface area contributed by atoms with Gasteiger partial charge in [-0.15, -0.1) is 0 Å². The minimum absolute atomic E-state index is 0.138. The van der Waals surface area contributed by atoms with Crippen molar-refractivity contribution in [1.29, 1.82) is 0 Å². The molecule has 94 valence electrons. The van der Waals surface area contributed by atoms with Gasteiger partial charge in [-0.2, -0.15) is 0 Å². The maximum absolute atomic E-state index is 6.41. The van der Waals surface area contributed by atoms with Gasteiger partial charge in [0.25, 0.3) is 0 Å². The summed E-state index contributed by atoms with van der Waals surface area (Å²) < 4.78 is 5.40. The van der Waals surface area contributed by atoms with Gasteiger partial charge in [0, 0.05) is 19.3 Å². The first-order chi connectivity index (χ1) is 8.84. The molecule has 1 aliphatic rings. The zero-order chi connectivity index (χ0) is 12.4. The van der Waals surface area contributed by atoms with Crippen molar-refractivity contribution >= 4 is 10.8 Å². The average Bonchev–Trinajstić information content (AvgIpc) is 2.47. The Morgan fingerprint density at radius 3 is 2.50 bits per heavy atom. The number of ether oxygens (including phenoxy) is 1. The average molecular weight is 241 g/mol. The van der Waals surface area contributed by atoms with E-state index in [4.69, 9.17) is 10.5 Å². The summed E-state index contributed by atoms with van der Waals surface area (Å²) in [6, 6.07) is 15.1. The van der Waals surface area contributed by atoms with Crippen molar-refractivity contribution in [3.63, 3.8) is 0 Å². The number of nitrogens with two attached hydrogens (primary N) is 1. The molecule has 2 heteroatoms. The van der Waals surface area contributed by atoms with E-state index in [9.17, 15) is 0 Å². The molecule has 1 atom stereocenters. The van der Waals surface area contributed by atoms with Crippen molar-refractivity contribution < 1.29 is 4.74 Å². The molecule has 2 aromatic rings. The number of fused-ring (bicyclic) bond motifs is 1. The maximum atomic E-state index is 6.41. The molecule has 1 unspecified atom stereocenters. The highest BCUT2D eigenvalue weighted by Gasteiger charge is 2.22. The lowest BCUT2D eigenvalue weighted by Gasteiger charge is -2.28. The minimum Gasteiger partial charge on any atom is -0.381 e. The van der Waals surface area contributed by atoms with Crippen molar-refractivity contribution in [3.05, 3.63) is 48.0 Å². The first-order valence-electron chi connectivity index (χ1n) is 6.66. The summed E-state index contributed by atoms with van der Waals surface area (Å²) in [5.74, 6) is 0.555. The fourth-order valence-corrected chi connectivity index (χ4v) is 2.76. The topological polar surface area (TPSA) is 35.2 Å². The Labute approximate surface area is 108 Å². The van der Waals surface area contributed by atoms with Crippen LogP contribution in [-0.4, -0.2) is 13.2 Å². The van der Waals surface area contributed by atoms with E-state index in [1.54, 1.807) is 0 Å². The Balaban J connectivity index is 1.88. The summed E-state index contributed by atoms with van der Waals surface area (Å²) in [6.07, 6.45) is 2.15. The molecule has 2 aromatic carbocycles. The summed E-state index contributed by atoms with van der Waals surface area (Å²) in [6.45, 7) is 1.71. The number of hydrogen-bond acceptors (Lipinski definition) is 2. The zero-order valence-electron chi connectivity index (χ0n) is 10.5. The van der Waals surface area contributed by atoms with Gasteiger partial charge in [0.1, 0.15) is 0 Å². The molecule has 2 N–H and O–H groups in total. The Kier molecular flexibility index (Phi) is 3.31. The van der Waals surface area contributed by atoms with Crippen LogP contribution in [0.15, 0.2) is 42.5 Å². The Hall–Kier alpha value is -1.38. The second kappa shape index (κ2) is 5.09. The zero-order valence-corrected chi connectivity index (χ0v) is 10.5. The van der Waals surface area contributed by atoms with E-state index in [2.05, 4.69) is 42.5 Å². The largest absolute Gasteiger partial charge is 0.381 e. The smallest absolute Gasteiger partial charge is 0.0469 e. The molecule has 3 rings (SSSR count). The molecule has 0 bridgehead atoms. The molecule has 1 fully saturated rings. The fraction of sp³-hybridized carbons (Fsp3) is 0.375. The number of hydrogen-bond donors (Lipinski definition) is 1. The van der Waals surface area contributed by atoms with E-state index in [1.165, 1.54) is 16.3 Å². The van der Waals surface area contributed by atoms with Gasteiger partial charge in [0.05, 0.1) is 0 Å². The van der Waals surface area contributed by atoms with Gasteiger partial charge in [-0.25, -0.2) is 0 Å². The van der Waals surface area contributed by atoms with Crippen LogP contribution in [-0.2, 0) is 4.74 Å². The van der Waals surface area contributed by atoms with Crippen molar-refractivity contribution in [2.75, 3.05) is 13.2 Å². The third-order valence-corrected chi connectivity index (χ3v) is 3.93. The van der Waals surface area contributed by atoms with E-state index in [-0.39, 0.29) is 6.04 Å². The third-order valence-electron chi connectivity index (χ3n) is 3.93. The summed E-state index contributed by atoms with van der Waals surface area (Å²) >= 11 is 0. The van der Waals surface area contributed by atoms with Gasteiger partial charge < -0.3 is 10.5 Å². The fourth-order valence-electron chi connectivity index (χ4n) is 2.76. The highest BCUT2D eigenvalue weighted by molar-refractivity contribution is 5.83. The van der Waals surface area contributed by atoms with Crippen molar-refractivity contribution in [2.24, 2.45) is 11.7 Å². The molecule has 0 aliphatic carbocycles. The molecule has 18 heavy (non-hydrogen) atoms. The van der Waals surface area contributed by atoms with Crippen LogP contribution in [0.4, 0.5) is 0 Å². The van der Waals surface area contributed by atoms with Crippen LogP contribution in [0.5, 0.6) is 0 Å². The van der Waals surface area contributed by atoms with E-state index < -0.39 is 0 Å². The molecule has 0 spiro atoms. The van der Waals surface area contributed by atoms with E-state index in [1.807, 2.05) is 0 Å². The lowest BCUT2D eigenvalue weighted by molar-refractivity contribution is 0.0584. The molecule has 1 saturated heterocycles. The van der Waals surface area contributed by atoms with Gasteiger partial charge in [0.15, 0.2) is 0 Å². The third kappa shape index (κ3) is 2.26. The van der Waals surface area contributed by atoms with Gasteiger partial charge in [-0.3, -0.25) is 0 Å². The maximum Gasteiger partial charge on any atom is 0.0469 e. The number of benzene rings is 2. The quantitative estimate of drug-likeness (QED) is 0.875. The Morgan fingerprint density at radius 1 is 1.00 bits per heavy atom. The summed E-state index contributed by atoms with van der Waals surface area (Å²) in [4.78, 5) is 0. The van der Waals surface area contributed by atoms with Crippen molar-refractivity contribution in [1.82, 2.24) is 0 Å². The monoisotopic (exact) mass is 241 g/mol. The first kappa shape index (κ1) is 11.7. The molecule has 0 amide bonds. The van der Waals surface area contributed by atoms with Crippen LogP contribution in [0.3, 0.4) is 0 Å². The second-order valence-corrected chi connectivity index (χ2v) is 5.08. The second-order valence-electron chi connectivity index (χ2n) is 5.08. The normalized spacial score (nSPS) is 18.9. The standard InChI is InChI=1S/C16H19NO/c17-16(13-7-9-18-10-8-13)15-6-5-12-3-1-2-4-14(12)11-15/h1-6,11,13,16H,7-10,17H2. The molecular weight excluding hydrogens is 222 g/mol. The summed E-state index contributed by atoms with van der Waals surface area (Å²) in [7, 11) is 0. The summed E-state index contributed by atoms with van der Waals surface area (Å²) in [5, 5.41) is 2.55. The van der Waals surface area contributed by atoms with Crippen LogP contribution >= 0.6 is 0 Å². The van der Waals surface area contributed by atoms with E-state index in [0.29, 0.717) is 5.92 Å². The van der Waals surface area contributed by atoms with Crippen LogP contribution in [0, 0.1) is 5.92 Å². The first-order valence-corrected chi connectivity index (χ1v) is 6.66. The highest BCUT2D eigenvalue weighted by atomic mass is 16.5. The lowest BCUT2D eigenvalue weighted by Crippen LogP contribution is -2.27. The van der Waals surface area contributed by atoms with Crippen LogP contribution in [0.1, 0.15) is 24.4 Å². The van der Waals surface area contributed by atoms with Gasteiger partial charge in [-0.1, -0.05) is 36.4 Å².